The van der Waals surface area contributed by atoms with E-state index in [-0.39, 0.29) is 11.3 Å². The Hall–Kier alpha value is -2.64. The first-order chi connectivity index (χ1) is 12.9. The zero-order valence-corrected chi connectivity index (χ0v) is 16.5. The lowest BCUT2D eigenvalue weighted by Gasteiger charge is -2.36. The molecule has 3 rings (SSSR count). The molecule has 1 N–H and O–H groups in total. The quantitative estimate of drug-likeness (QED) is 0.863. The Kier molecular flexibility index (Phi) is 5.62. The van der Waals surface area contributed by atoms with Gasteiger partial charge in [0.2, 0.25) is 11.7 Å². The van der Waals surface area contributed by atoms with Crippen LogP contribution in [0.25, 0.3) is 11.4 Å². The molecule has 8 heteroatoms. The van der Waals surface area contributed by atoms with Gasteiger partial charge in [0.05, 0.1) is 0 Å². The Bertz CT molecular complexity index is 775. The highest BCUT2D eigenvalue weighted by atomic mass is 16.5. The van der Waals surface area contributed by atoms with Crippen LogP contribution < -0.4 is 10.2 Å². The van der Waals surface area contributed by atoms with Crippen LogP contribution in [0.5, 0.6) is 0 Å². The van der Waals surface area contributed by atoms with Crippen LogP contribution in [0.15, 0.2) is 22.9 Å². The van der Waals surface area contributed by atoms with Gasteiger partial charge in [0.15, 0.2) is 0 Å². The van der Waals surface area contributed by atoms with Gasteiger partial charge in [0.25, 0.3) is 0 Å². The summed E-state index contributed by atoms with van der Waals surface area (Å²) in [5.74, 6) is 1.64. The monoisotopic (exact) mass is 372 g/mol. The number of hydrogen-bond acceptors (Lipinski definition) is 7. The maximum absolute atomic E-state index is 12.4. The van der Waals surface area contributed by atoms with Crippen LogP contribution in [0.3, 0.4) is 0 Å². The van der Waals surface area contributed by atoms with Crippen LogP contribution in [0.4, 0.5) is 11.8 Å². The minimum atomic E-state index is 0.185. The molecule has 0 aromatic carbocycles. The fourth-order valence-electron chi connectivity index (χ4n) is 3.00. The standard InChI is InChI=1S/C19H28N6O2/c1-19(2,3)7-5-16(26)25-11-9-24(10-12-25)15-13-14(6-8-21-15)17-22-18(20-4)27-23-17/h6,8,13H,5,7,9-12H2,1-4H3,(H,20,22,23). The third-order valence-electron chi connectivity index (χ3n) is 4.69. The van der Waals surface area contributed by atoms with E-state index < -0.39 is 0 Å². The summed E-state index contributed by atoms with van der Waals surface area (Å²) in [6.07, 6.45) is 3.28. The number of piperazine rings is 1. The van der Waals surface area contributed by atoms with Gasteiger partial charge in [0.1, 0.15) is 5.82 Å². The Labute approximate surface area is 159 Å². The lowest BCUT2D eigenvalue weighted by Crippen LogP contribution is -2.49. The molecule has 1 amide bonds. The number of nitrogens with one attached hydrogen (secondary N) is 1. The van der Waals surface area contributed by atoms with Crippen molar-refractivity contribution in [2.24, 2.45) is 5.41 Å². The molecule has 0 bridgehead atoms. The summed E-state index contributed by atoms with van der Waals surface area (Å²) in [7, 11) is 1.73. The van der Waals surface area contributed by atoms with Crippen molar-refractivity contribution in [2.45, 2.75) is 33.6 Å². The SMILES string of the molecule is CNc1nc(-c2ccnc(N3CCN(C(=O)CCC(C)(C)C)CC3)c2)no1. The van der Waals surface area contributed by atoms with E-state index in [1.807, 2.05) is 17.0 Å². The minimum Gasteiger partial charge on any atom is -0.353 e. The number of aromatic nitrogens is 3. The van der Waals surface area contributed by atoms with Gasteiger partial charge in [-0.25, -0.2) is 4.98 Å². The Balaban J connectivity index is 1.59. The van der Waals surface area contributed by atoms with Crippen LogP contribution in [0.2, 0.25) is 0 Å². The summed E-state index contributed by atoms with van der Waals surface area (Å²) in [5.41, 5.74) is 1.04. The lowest BCUT2D eigenvalue weighted by molar-refractivity contribution is -0.132. The van der Waals surface area contributed by atoms with Gasteiger partial charge >= 0.3 is 6.01 Å². The number of anilines is 2. The van der Waals surface area contributed by atoms with E-state index in [9.17, 15) is 4.79 Å². The summed E-state index contributed by atoms with van der Waals surface area (Å²) in [4.78, 5) is 25.3. The van der Waals surface area contributed by atoms with Crippen LogP contribution in [-0.2, 0) is 4.79 Å². The second-order valence-corrected chi connectivity index (χ2v) is 8.00. The predicted octanol–water partition coefficient (Wildman–Crippen LogP) is 2.65. The summed E-state index contributed by atoms with van der Waals surface area (Å²) in [5, 5.41) is 6.80. The van der Waals surface area contributed by atoms with Gasteiger partial charge in [-0.2, -0.15) is 4.98 Å². The molecular formula is C19H28N6O2. The number of carbonyl (C=O) groups is 1. The van der Waals surface area contributed by atoms with Crippen LogP contribution in [0.1, 0.15) is 33.6 Å². The third-order valence-corrected chi connectivity index (χ3v) is 4.69. The van der Waals surface area contributed by atoms with E-state index in [4.69, 9.17) is 4.52 Å². The maximum atomic E-state index is 12.4. The summed E-state index contributed by atoms with van der Waals surface area (Å²) in [6.45, 7) is 9.49. The fraction of sp³-hybridized carbons (Fsp3) is 0.579. The fourth-order valence-corrected chi connectivity index (χ4v) is 3.00. The molecule has 0 aliphatic carbocycles. The largest absolute Gasteiger partial charge is 0.353 e. The topological polar surface area (TPSA) is 87.4 Å². The highest BCUT2D eigenvalue weighted by molar-refractivity contribution is 5.76. The van der Waals surface area contributed by atoms with E-state index in [0.717, 1.165) is 44.0 Å². The van der Waals surface area contributed by atoms with Crippen molar-refractivity contribution in [1.82, 2.24) is 20.0 Å². The highest BCUT2D eigenvalue weighted by Gasteiger charge is 2.23. The maximum Gasteiger partial charge on any atom is 0.321 e. The van der Waals surface area contributed by atoms with Crippen molar-refractivity contribution < 1.29 is 9.32 Å². The summed E-state index contributed by atoms with van der Waals surface area (Å²) < 4.78 is 5.09. The zero-order chi connectivity index (χ0) is 19.4. The van der Waals surface area contributed by atoms with Gasteiger partial charge in [-0.3, -0.25) is 4.79 Å². The molecule has 0 saturated carbocycles. The van der Waals surface area contributed by atoms with Gasteiger partial charge in [0, 0.05) is 51.4 Å². The van der Waals surface area contributed by atoms with Crippen LogP contribution in [-0.4, -0.2) is 59.2 Å². The molecule has 0 unspecified atom stereocenters. The molecule has 0 spiro atoms. The van der Waals surface area contributed by atoms with Gasteiger partial charge in [-0.1, -0.05) is 25.9 Å². The van der Waals surface area contributed by atoms with E-state index in [1.54, 1.807) is 13.2 Å². The first-order valence-corrected chi connectivity index (χ1v) is 9.36. The first kappa shape index (κ1) is 19.1. The highest BCUT2D eigenvalue weighted by Crippen LogP contribution is 2.24. The molecule has 8 nitrogen and oxygen atoms in total. The molecule has 1 aliphatic rings. The molecule has 1 fully saturated rings. The van der Waals surface area contributed by atoms with E-state index in [0.29, 0.717) is 18.3 Å². The second kappa shape index (κ2) is 7.94. The van der Waals surface area contributed by atoms with Crippen molar-refractivity contribution in [3.63, 3.8) is 0 Å². The minimum absolute atomic E-state index is 0.185. The number of nitrogens with zero attached hydrogens (tertiary/aromatic N) is 5. The van der Waals surface area contributed by atoms with Crippen molar-refractivity contribution in [3.8, 4) is 11.4 Å². The van der Waals surface area contributed by atoms with E-state index in [1.165, 1.54) is 0 Å². The average molecular weight is 372 g/mol. The lowest BCUT2D eigenvalue weighted by atomic mass is 9.90. The van der Waals surface area contributed by atoms with Crippen molar-refractivity contribution in [2.75, 3.05) is 43.4 Å². The van der Waals surface area contributed by atoms with Gasteiger partial charge in [-0.05, 0) is 24.0 Å². The van der Waals surface area contributed by atoms with Crippen molar-refractivity contribution >= 4 is 17.7 Å². The molecular weight excluding hydrogens is 344 g/mol. The number of hydrogen-bond donors (Lipinski definition) is 1. The van der Waals surface area contributed by atoms with E-state index >= 15 is 0 Å². The first-order valence-electron chi connectivity index (χ1n) is 9.36. The second-order valence-electron chi connectivity index (χ2n) is 8.00. The molecule has 3 heterocycles. The summed E-state index contributed by atoms with van der Waals surface area (Å²) in [6, 6.07) is 4.20. The number of carbonyl (C=O) groups excluding carboxylic acids is 1. The van der Waals surface area contributed by atoms with Crippen molar-refractivity contribution in [1.29, 1.82) is 0 Å². The smallest absolute Gasteiger partial charge is 0.321 e. The average Bonchev–Trinajstić information content (AvgIpc) is 3.15. The number of amides is 1. The van der Waals surface area contributed by atoms with Gasteiger partial charge < -0.3 is 19.6 Å². The Morgan fingerprint density at radius 2 is 2.00 bits per heavy atom. The Morgan fingerprint density at radius 3 is 2.63 bits per heavy atom. The normalized spacial score (nSPS) is 15.1. The molecule has 27 heavy (non-hydrogen) atoms. The summed E-state index contributed by atoms with van der Waals surface area (Å²) >= 11 is 0. The number of pyridine rings is 1. The van der Waals surface area contributed by atoms with Gasteiger partial charge in [-0.15, -0.1) is 0 Å². The molecule has 2 aromatic heterocycles. The molecule has 0 atom stereocenters. The molecule has 0 radical (unpaired) electrons. The molecule has 146 valence electrons. The Morgan fingerprint density at radius 1 is 1.26 bits per heavy atom. The third kappa shape index (κ3) is 4.96. The predicted molar refractivity (Wildman–Crippen MR) is 105 cm³/mol. The van der Waals surface area contributed by atoms with Crippen molar-refractivity contribution in [3.05, 3.63) is 18.3 Å². The van der Waals surface area contributed by atoms with Crippen LogP contribution in [0, 0.1) is 5.41 Å². The molecule has 1 aliphatic heterocycles. The van der Waals surface area contributed by atoms with Crippen LogP contribution >= 0.6 is 0 Å². The zero-order valence-electron chi connectivity index (χ0n) is 16.5. The van der Waals surface area contributed by atoms with E-state index in [2.05, 4.69) is 46.1 Å². The molecule has 2 aromatic rings. The molecule has 1 saturated heterocycles. The number of rotatable bonds is 5.